The van der Waals surface area contributed by atoms with E-state index in [0.717, 1.165) is 0 Å². The summed E-state index contributed by atoms with van der Waals surface area (Å²) in [6, 6.07) is 14.6. The van der Waals surface area contributed by atoms with Crippen LogP contribution in [0.5, 0.6) is 11.5 Å². The monoisotopic (exact) mass is 691 g/mol. The van der Waals surface area contributed by atoms with E-state index < -0.39 is 44.4 Å². The highest BCUT2D eigenvalue weighted by molar-refractivity contribution is 7.91. The number of rotatable bonds is 13. The molecule has 238 valence electrons. The number of anilines is 1. The fraction of sp³-hybridized carbons (Fsp3) is 0.214. The van der Waals surface area contributed by atoms with E-state index in [1.165, 1.54) is 49.6 Å². The van der Waals surface area contributed by atoms with Crippen molar-refractivity contribution in [3.8, 4) is 11.5 Å². The lowest BCUT2D eigenvalue weighted by Crippen LogP contribution is -2.09. The molecular weight excluding hydrogens is 663 g/mol. The summed E-state index contributed by atoms with van der Waals surface area (Å²) in [6.07, 6.45) is 0. The molecule has 13 nitrogen and oxygen atoms in total. The zero-order valence-corrected chi connectivity index (χ0v) is 27.1. The third-order valence-corrected chi connectivity index (χ3v) is 10.3. The van der Waals surface area contributed by atoms with Crippen LogP contribution in [0.1, 0.15) is 0 Å². The van der Waals surface area contributed by atoms with Crippen LogP contribution < -0.4 is 10.1 Å². The Morgan fingerprint density at radius 1 is 0.800 bits per heavy atom. The molecule has 0 aliphatic carbocycles. The number of sulfone groups is 2. The maximum atomic E-state index is 12.5. The number of azo groups is 2. The average Bonchev–Trinajstić information content (AvgIpc) is 3.00. The molecule has 0 aliphatic heterocycles. The average molecular weight is 692 g/mol. The number of phenols is 1. The first kappa shape index (κ1) is 34.1. The summed E-state index contributed by atoms with van der Waals surface area (Å²) in [5.74, 6) is -0.712. The minimum absolute atomic E-state index is 0.00991. The van der Waals surface area contributed by atoms with Crippen molar-refractivity contribution in [1.29, 1.82) is 0 Å². The van der Waals surface area contributed by atoms with Gasteiger partial charge in [-0.05, 0) is 54.6 Å². The Balaban J connectivity index is 1.81. The number of aliphatic hydroxyl groups is 2. The molecule has 0 unspecified atom stereocenters. The minimum Gasteiger partial charge on any atom is -0.505 e. The Morgan fingerprint density at radius 2 is 1.47 bits per heavy atom. The second kappa shape index (κ2) is 14.6. The molecule has 4 N–H and O–H groups in total. The topological polar surface area (TPSA) is 200 Å². The summed E-state index contributed by atoms with van der Waals surface area (Å²) >= 11 is 8.73. The standard InChI is InChI=1S/C28H29N5O8S4/c1-41-24-8-5-19(45(39,40)12-10-35)14-23(24)31-32-26-21-15-25(43)27(28(36)20(21)6-7-22(26)29-16-42)33-30-17-3-2-4-18(13-17)44(37,38)11-9-34/h2-8,13-15,29,34-36,42-43H,9-12,16H2,1H3/b32-31+,33-30+. The van der Waals surface area contributed by atoms with Gasteiger partial charge in [0.05, 0.1) is 58.9 Å². The molecule has 17 heteroatoms. The number of thiol groups is 2. The van der Waals surface area contributed by atoms with Crippen molar-refractivity contribution in [2.45, 2.75) is 14.7 Å². The number of fused-ring (bicyclic) bond motifs is 1. The fourth-order valence-corrected chi connectivity index (χ4v) is 6.77. The Hall–Kier alpha value is -3.74. The largest absolute Gasteiger partial charge is 0.505 e. The number of ether oxygens (including phenoxy) is 1. The lowest BCUT2D eigenvalue weighted by Gasteiger charge is -2.13. The quantitative estimate of drug-likeness (QED) is 0.0595. The number of nitrogens with one attached hydrogen (secondary N) is 1. The minimum atomic E-state index is -3.78. The first-order chi connectivity index (χ1) is 21.4. The normalized spacial score (nSPS) is 12.4. The van der Waals surface area contributed by atoms with Crippen LogP contribution in [0.15, 0.2) is 95.8 Å². The van der Waals surface area contributed by atoms with Gasteiger partial charge in [0.15, 0.2) is 25.4 Å². The van der Waals surface area contributed by atoms with Crippen molar-refractivity contribution >= 4 is 84.1 Å². The molecule has 0 spiro atoms. The van der Waals surface area contributed by atoms with Gasteiger partial charge in [-0.15, -0.1) is 28.0 Å². The molecule has 4 rings (SSSR count). The zero-order valence-electron chi connectivity index (χ0n) is 23.7. The number of methoxy groups -OCH3 is 1. The van der Waals surface area contributed by atoms with Crippen LogP contribution in [0.4, 0.5) is 28.4 Å². The molecule has 0 atom stereocenters. The SMILES string of the molecule is COc1ccc(S(=O)(=O)CCO)cc1/N=N/c1c(NCS)ccc2c(O)c(/N=N/c3cccc(S(=O)(=O)CCO)c3)c(S)cc12. The molecule has 0 bridgehead atoms. The molecule has 0 aromatic heterocycles. The molecule has 0 fully saturated rings. The van der Waals surface area contributed by atoms with Crippen LogP contribution in [0.2, 0.25) is 0 Å². The summed E-state index contributed by atoms with van der Waals surface area (Å²) in [4.78, 5) is 0.107. The number of benzene rings is 4. The number of phenolic OH excluding ortho intramolecular Hbond substituents is 1. The molecule has 0 amide bonds. The van der Waals surface area contributed by atoms with Crippen LogP contribution in [0.25, 0.3) is 10.8 Å². The predicted molar refractivity (Wildman–Crippen MR) is 176 cm³/mol. The van der Waals surface area contributed by atoms with Gasteiger partial charge >= 0.3 is 0 Å². The van der Waals surface area contributed by atoms with Gasteiger partial charge in [0, 0.05) is 15.7 Å². The van der Waals surface area contributed by atoms with E-state index >= 15 is 0 Å². The maximum absolute atomic E-state index is 12.5. The van der Waals surface area contributed by atoms with E-state index in [9.17, 15) is 21.9 Å². The summed E-state index contributed by atoms with van der Waals surface area (Å²) in [7, 11) is -6.09. The van der Waals surface area contributed by atoms with Crippen LogP contribution >= 0.6 is 25.3 Å². The lowest BCUT2D eigenvalue weighted by molar-refractivity contribution is 0.319. The van der Waals surface area contributed by atoms with Crippen molar-refractivity contribution < 1.29 is 36.9 Å². The van der Waals surface area contributed by atoms with Crippen molar-refractivity contribution in [2.24, 2.45) is 20.5 Å². The van der Waals surface area contributed by atoms with E-state index in [1.54, 1.807) is 18.2 Å². The Bertz CT molecular complexity index is 2000. The van der Waals surface area contributed by atoms with Gasteiger partial charge in [-0.25, -0.2) is 16.8 Å². The highest BCUT2D eigenvalue weighted by atomic mass is 32.2. The third-order valence-electron chi connectivity index (χ3n) is 6.42. The molecule has 4 aromatic carbocycles. The molecule has 0 radical (unpaired) electrons. The van der Waals surface area contributed by atoms with Gasteiger partial charge in [-0.3, -0.25) is 0 Å². The summed E-state index contributed by atoms with van der Waals surface area (Å²) in [6.45, 7) is -1.07. The lowest BCUT2D eigenvalue weighted by atomic mass is 10.1. The second-order valence-corrected chi connectivity index (χ2v) is 14.3. The number of hydrogen-bond donors (Lipinski definition) is 6. The predicted octanol–water partition coefficient (Wildman–Crippen LogP) is 5.50. The van der Waals surface area contributed by atoms with Crippen molar-refractivity contribution in [2.75, 3.05) is 43.0 Å². The molecular formula is C28H29N5O8S4. The molecule has 45 heavy (non-hydrogen) atoms. The summed E-state index contributed by atoms with van der Waals surface area (Å²) in [5, 5.41) is 50.1. The van der Waals surface area contributed by atoms with Crippen molar-refractivity contribution in [1.82, 2.24) is 0 Å². The van der Waals surface area contributed by atoms with E-state index in [0.29, 0.717) is 16.5 Å². The number of aromatic hydroxyl groups is 1. The van der Waals surface area contributed by atoms with Crippen LogP contribution in [0.3, 0.4) is 0 Å². The first-order valence-electron chi connectivity index (χ1n) is 13.1. The molecule has 4 aromatic rings. The van der Waals surface area contributed by atoms with Crippen LogP contribution in [-0.4, -0.2) is 69.9 Å². The zero-order chi connectivity index (χ0) is 32.8. The van der Waals surface area contributed by atoms with Gasteiger partial charge in [0.1, 0.15) is 22.8 Å². The fourth-order valence-electron chi connectivity index (χ4n) is 4.22. The van der Waals surface area contributed by atoms with Crippen molar-refractivity contribution in [3.05, 3.63) is 60.7 Å². The van der Waals surface area contributed by atoms with Gasteiger partial charge < -0.3 is 25.4 Å². The van der Waals surface area contributed by atoms with Crippen LogP contribution in [0, 0.1) is 0 Å². The Kier molecular flexibility index (Phi) is 11.1. The second-order valence-electron chi connectivity index (χ2n) is 9.30. The number of hydrogen-bond acceptors (Lipinski definition) is 15. The summed E-state index contributed by atoms with van der Waals surface area (Å²) in [5.41, 5.74) is 1.07. The number of nitrogens with zero attached hydrogens (tertiary/aromatic N) is 4. The third kappa shape index (κ3) is 7.74. The maximum Gasteiger partial charge on any atom is 0.180 e. The van der Waals surface area contributed by atoms with E-state index in [4.69, 9.17) is 14.9 Å². The van der Waals surface area contributed by atoms with E-state index in [1.807, 2.05) is 0 Å². The smallest absolute Gasteiger partial charge is 0.180 e. The highest BCUT2D eigenvalue weighted by Crippen LogP contribution is 2.46. The number of aliphatic hydroxyl groups excluding tert-OH is 2. The summed E-state index contributed by atoms with van der Waals surface area (Å²) < 4.78 is 55.1. The Morgan fingerprint density at radius 3 is 2.11 bits per heavy atom. The van der Waals surface area contributed by atoms with Gasteiger partial charge in [0.25, 0.3) is 0 Å². The molecule has 0 saturated heterocycles. The van der Waals surface area contributed by atoms with Gasteiger partial charge in [-0.2, -0.15) is 17.7 Å². The molecule has 0 heterocycles. The van der Waals surface area contributed by atoms with Crippen LogP contribution in [-0.2, 0) is 19.7 Å². The van der Waals surface area contributed by atoms with Gasteiger partial charge in [-0.1, -0.05) is 6.07 Å². The van der Waals surface area contributed by atoms with E-state index in [2.05, 4.69) is 51.0 Å². The van der Waals surface area contributed by atoms with E-state index in [-0.39, 0.29) is 54.8 Å². The first-order valence-corrected chi connectivity index (χ1v) is 17.5. The Labute approximate surface area is 270 Å². The van der Waals surface area contributed by atoms with Gasteiger partial charge in [0.2, 0.25) is 0 Å². The highest BCUT2D eigenvalue weighted by Gasteiger charge is 2.19. The molecule has 0 aliphatic rings. The van der Waals surface area contributed by atoms with Crippen molar-refractivity contribution in [3.63, 3.8) is 0 Å². The molecule has 0 saturated carbocycles.